The summed E-state index contributed by atoms with van der Waals surface area (Å²) in [5.41, 5.74) is 2.28. The minimum absolute atomic E-state index is 0.303. The summed E-state index contributed by atoms with van der Waals surface area (Å²) in [6.45, 7) is 1.62. The molecule has 0 bridgehead atoms. The molecule has 19 heavy (non-hydrogen) atoms. The Hall–Kier alpha value is -1.03. The maximum atomic E-state index is 9.20. The predicted octanol–water partition coefficient (Wildman–Crippen LogP) is 4.14. The Labute approximate surface area is 126 Å². The van der Waals surface area contributed by atoms with E-state index in [0.29, 0.717) is 5.75 Å². The number of rotatable bonds is 5. The van der Waals surface area contributed by atoms with Crippen LogP contribution in [0.3, 0.4) is 0 Å². The van der Waals surface area contributed by atoms with E-state index < -0.39 is 0 Å². The van der Waals surface area contributed by atoms with Crippen molar-refractivity contribution in [2.24, 2.45) is 0 Å². The van der Waals surface area contributed by atoms with Gasteiger partial charge in [0.05, 0.1) is 0 Å². The SMILES string of the molecule is Oc1ccc(CCNCc2cc(Br)ccc2Cl)cc1. The van der Waals surface area contributed by atoms with Gasteiger partial charge >= 0.3 is 0 Å². The van der Waals surface area contributed by atoms with E-state index in [4.69, 9.17) is 11.6 Å². The van der Waals surface area contributed by atoms with Gasteiger partial charge in [-0.3, -0.25) is 0 Å². The molecule has 4 heteroatoms. The van der Waals surface area contributed by atoms with Crippen molar-refractivity contribution in [3.63, 3.8) is 0 Å². The molecule has 2 rings (SSSR count). The van der Waals surface area contributed by atoms with E-state index in [1.54, 1.807) is 12.1 Å². The van der Waals surface area contributed by atoms with Gasteiger partial charge in [0.1, 0.15) is 5.75 Å². The van der Waals surface area contributed by atoms with Crippen LogP contribution in [0.15, 0.2) is 46.9 Å². The number of halogens is 2. The number of phenolic OH excluding ortho intramolecular Hbond substituents is 1. The van der Waals surface area contributed by atoms with Gasteiger partial charge in [0.25, 0.3) is 0 Å². The van der Waals surface area contributed by atoms with Crippen LogP contribution in [0.2, 0.25) is 5.02 Å². The van der Waals surface area contributed by atoms with Crippen molar-refractivity contribution in [3.8, 4) is 5.75 Å². The van der Waals surface area contributed by atoms with Crippen molar-refractivity contribution in [1.82, 2.24) is 5.32 Å². The van der Waals surface area contributed by atoms with Gasteiger partial charge < -0.3 is 10.4 Å². The lowest BCUT2D eigenvalue weighted by atomic mass is 10.1. The molecule has 0 spiro atoms. The lowest BCUT2D eigenvalue weighted by molar-refractivity contribution is 0.475. The second-order valence-electron chi connectivity index (χ2n) is 4.33. The van der Waals surface area contributed by atoms with Crippen LogP contribution in [0.25, 0.3) is 0 Å². The lowest BCUT2D eigenvalue weighted by Crippen LogP contribution is -2.16. The van der Waals surface area contributed by atoms with Crippen molar-refractivity contribution < 1.29 is 5.11 Å². The first-order valence-corrected chi connectivity index (χ1v) is 7.25. The van der Waals surface area contributed by atoms with Crippen LogP contribution in [-0.2, 0) is 13.0 Å². The molecule has 0 amide bonds. The summed E-state index contributed by atoms with van der Waals surface area (Å²) >= 11 is 9.56. The monoisotopic (exact) mass is 339 g/mol. The molecular weight excluding hydrogens is 326 g/mol. The molecule has 0 atom stereocenters. The first kappa shape index (κ1) is 14.4. The molecule has 0 unspecified atom stereocenters. The molecule has 0 aromatic heterocycles. The Kier molecular flexibility index (Phi) is 5.25. The minimum atomic E-state index is 0.303. The molecule has 2 nitrogen and oxygen atoms in total. The molecule has 2 aromatic carbocycles. The van der Waals surface area contributed by atoms with Crippen LogP contribution in [0.5, 0.6) is 5.75 Å². The fraction of sp³-hybridized carbons (Fsp3) is 0.200. The largest absolute Gasteiger partial charge is 0.508 e. The summed E-state index contributed by atoms with van der Waals surface area (Å²) in [5.74, 6) is 0.303. The highest BCUT2D eigenvalue weighted by Gasteiger charge is 2.01. The highest BCUT2D eigenvalue weighted by Crippen LogP contribution is 2.20. The van der Waals surface area contributed by atoms with Crippen LogP contribution in [0.4, 0.5) is 0 Å². The number of aromatic hydroxyl groups is 1. The van der Waals surface area contributed by atoms with Gasteiger partial charge in [-0.1, -0.05) is 39.7 Å². The average Bonchev–Trinajstić information content (AvgIpc) is 2.40. The number of benzene rings is 2. The molecule has 0 aliphatic rings. The lowest BCUT2D eigenvalue weighted by Gasteiger charge is -2.07. The zero-order chi connectivity index (χ0) is 13.7. The molecule has 0 heterocycles. The Morgan fingerprint density at radius 2 is 1.84 bits per heavy atom. The van der Waals surface area contributed by atoms with E-state index in [1.807, 2.05) is 30.3 Å². The van der Waals surface area contributed by atoms with E-state index in [2.05, 4.69) is 21.2 Å². The van der Waals surface area contributed by atoms with Gasteiger partial charge in [-0.25, -0.2) is 0 Å². The second-order valence-corrected chi connectivity index (χ2v) is 5.65. The highest BCUT2D eigenvalue weighted by atomic mass is 79.9. The Balaban J connectivity index is 1.80. The average molecular weight is 341 g/mol. The summed E-state index contributed by atoms with van der Waals surface area (Å²) in [4.78, 5) is 0. The normalized spacial score (nSPS) is 10.6. The van der Waals surface area contributed by atoms with Crippen molar-refractivity contribution in [1.29, 1.82) is 0 Å². The third-order valence-electron chi connectivity index (χ3n) is 2.85. The van der Waals surface area contributed by atoms with Crippen molar-refractivity contribution >= 4 is 27.5 Å². The van der Waals surface area contributed by atoms with E-state index in [-0.39, 0.29) is 0 Å². The topological polar surface area (TPSA) is 32.3 Å². The van der Waals surface area contributed by atoms with E-state index in [1.165, 1.54) is 5.56 Å². The fourth-order valence-corrected chi connectivity index (χ4v) is 2.39. The molecule has 100 valence electrons. The van der Waals surface area contributed by atoms with E-state index in [9.17, 15) is 5.11 Å². The third kappa shape index (κ3) is 4.53. The zero-order valence-electron chi connectivity index (χ0n) is 10.4. The summed E-state index contributed by atoms with van der Waals surface area (Å²) < 4.78 is 1.03. The molecule has 2 N–H and O–H groups in total. The summed E-state index contributed by atoms with van der Waals surface area (Å²) in [6.07, 6.45) is 0.923. The highest BCUT2D eigenvalue weighted by molar-refractivity contribution is 9.10. The Morgan fingerprint density at radius 3 is 2.58 bits per heavy atom. The van der Waals surface area contributed by atoms with E-state index >= 15 is 0 Å². The Bertz CT molecular complexity index is 542. The standard InChI is InChI=1S/C15H15BrClNO/c16-13-3-6-15(17)12(9-13)10-18-8-7-11-1-4-14(19)5-2-11/h1-6,9,18-19H,7-8,10H2. The third-order valence-corrected chi connectivity index (χ3v) is 3.71. The fourth-order valence-electron chi connectivity index (χ4n) is 1.80. The van der Waals surface area contributed by atoms with Gasteiger partial charge in [0.2, 0.25) is 0 Å². The number of hydrogen-bond donors (Lipinski definition) is 2. The van der Waals surface area contributed by atoms with Gasteiger partial charge in [0, 0.05) is 16.0 Å². The second kappa shape index (κ2) is 6.94. The van der Waals surface area contributed by atoms with E-state index in [0.717, 1.165) is 34.6 Å². The van der Waals surface area contributed by atoms with Crippen molar-refractivity contribution in [2.45, 2.75) is 13.0 Å². The maximum absolute atomic E-state index is 9.20. The molecule has 0 aliphatic carbocycles. The first-order valence-electron chi connectivity index (χ1n) is 6.08. The molecule has 0 aliphatic heterocycles. The molecule has 0 radical (unpaired) electrons. The molecule has 0 saturated carbocycles. The van der Waals surface area contributed by atoms with Crippen LogP contribution in [0, 0.1) is 0 Å². The summed E-state index contributed by atoms with van der Waals surface area (Å²) in [6, 6.07) is 13.1. The maximum Gasteiger partial charge on any atom is 0.115 e. The molecular formula is C15H15BrClNO. The molecule has 0 saturated heterocycles. The quantitative estimate of drug-likeness (QED) is 0.802. The molecule has 0 fully saturated rings. The summed E-state index contributed by atoms with van der Waals surface area (Å²) in [7, 11) is 0. The van der Waals surface area contributed by atoms with Crippen LogP contribution in [0.1, 0.15) is 11.1 Å². The number of nitrogens with one attached hydrogen (secondary N) is 1. The van der Waals surface area contributed by atoms with Gasteiger partial charge in [-0.2, -0.15) is 0 Å². The number of phenols is 1. The molecule has 2 aromatic rings. The smallest absolute Gasteiger partial charge is 0.115 e. The van der Waals surface area contributed by atoms with Crippen LogP contribution >= 0.6 is 27.5 Å². The Morgan fingerprint density at radius 1 is 1.11 bits per heavy atom. The van der Waals surface area contributed by atoms with Gasteiger partial charge in [0.15, 0.2) is 0 Å². The van der Waals surface area contributed by atoms with Crippen LogP contribution in [-0.4, -0.2) is 11.7 Å². The minimum Gasteiger partial charge on any atom is -0.508 e. The van der Waals surface area contributed by atoms with Gasteiger partial charge in [-0.15, -0.1) is 0 Å². The van der Waals surface area contributed by atoms with Crippen molar-refractivity contribution in [3.05, 3.63) is 63.1 Å². The zero-order valence-corrected chi connectivity index (χ0v) is 12.7. The predicted molar refractivity (Wildman–Crippen MR) is 82.7 cm³/mol. The summed E-state index contributed by atoms with van der Waals surface area (Å²) in [5, 5.41) is 13.3. The van der Waals surface area contributed by atoms with Crippen LogP contribution < -0.4 is 5.32 Å². The van der Waals surface area contributed by atoms with Gasteiger partial charge in [-0.05, 0) is 54.4 Å². The first-order chi connectivity index (χ1) is 9.15. The van der Waals surface area contributed by atoms with Crippen molar-refractivity contribution in [2.75, 3.05) is 6.54 Å². The number of hydrogen-bond acceptors (Lipinski definition) is 2.